The fraction of sp³-hybridized carbons (Fsp3) is 0.552. The Balaban J connectivity index is 1.34. The Morgan fingerprint density at radius 3 is 2.67 bits per heavy atom. The number of nitrogens with one attached hydrogen (secondary N) is 2. The lowest BCUT2D eigenvalue weighted by Gasteiger charge is -2.37. The molecular formula is C29H36ClF4N7O3S. The zero-order chi connectivity index (χ0) is 32.1. The van der Waals surface area contributed by atoms with Crippen molar-refractivity contribution in [3.63, 3.8) is 0 Å². The average Bonchev–Trinajstić information content (AvgIpc) is 3.57. The van der Waals surface area contributed by atoms with Crippen molar-refractivity contribution >= 4 is 39.9 Å². The van der Waals surface area contributed by atoms with Crippen molar-refractivity contribution < 1.29 is 31.8 Å². The summed E-state index contributed by atoms with van der Waals surface area (Å²) in [5.74, 6) is -0.902. The largest absolute Gasteiger partial charge is 0.573 e. The number of likely N-dealkylation sites (tertiary alicyclic amines) is 1. The van der Waals surface area contributed by atoms with Gasteiger partial charge in [-0.2, -0.15) is 4.39 Å². The molecule has 0 aliphatic carbocycles. The molecule has 246 valence electrons. The second kappa shape index (κ2) is 14.5. The maximum atomic E-state index is 15.8. The summed E-state index contributed by atoms with van der Waals surface area (Å²) in [5.41, 5.74) is 0.808. The lowest BCUT2D eigenvalue weighted by Crippen LogP contribution is -2.50. The smallest absolute Gasteiger partial charge is 0.466 e. The van der Waals surface area contributed by atoms with Gasteiger partial charge in [-0.1, -0.05) is 22.9 Å². The molecule has 2 N–H and O–H groups in total. The monoisotopic (exact) mass is 673 g/mol. The van der Waals surface area contributed by atoms with E-state index in [-0.39, 0.29) is 29.3 Å². The van der Waals surface area contributed by atoms with Gasteiger partial charge in [0.25, 0.3) is 0 Å². The van der Waals surface area contributed by atoms with Gasteiger partial charge in [0.05, 0.1) is 18.7 Å². The van der Waals surface area contributed by atoms with Gasteiger partial charge in [0.15, 0.2) is 11.0 Å². The minimum Gasteiger partial charge on any atom is -0.466 e. The molecule has 3 aliphatic heterocycles. The van der Waals surface area contributed by atoms with E-state index in [4.69, 9.17) is 21.3 Å². The van der Waals surface area contributed by atoms with Crippen LogP contribution < -0.4 is 15.4 Å². The standard InChI is InChI=1S/C29H36ClF4N7O3S/c1-3-43-23(42)6-8-39-9-11-40(12-10-39)27-24(31)26(35-17-36-27)38-28-37-25(22(45-28)16-41-7-4-5-18(41)2)19-13-20(30)15-21(14-19)44-29(32,33)34/h13-15,18,35H,3-12,16-17H2,1-2H3,(H,37,38)/t18-/m1/s1. The number of halogens is 5. The van der Waals surface area contributed by atoms with Gasteiger partial charge in [-0.05, 0) is 51.4 Å². The van der Waals surface area contributed by atoms with E-state index in [1.807, 2.05) is 4.90 Å². The first-order valence-electron chi connectivity index (χ1n) is 14.9. The van der Waals surface area contributed by atoms with Crippen LogP contribution in [0.1, 0.15) is 38.0 Å². The number of benzene rings is 1. The third kappa shape index (κ3) is 8.77. The maximum Gasteiger partial charge on any atom is 0.573 e. The summed E-state index contributed by atoms with van der Waals surface area (Å²) in [6.07, 6.45) is -2.48. The van der Waals surface area contributed by atoms with E-state index < -0.39 is 17.9 Å². The number of esters is 1. The molecule has 5 rings (SSSR count). The van der Waals surface area contributed by atoms with Crippen LogP contribution in [0.5, 0.6) is 5.75 Å². The fourth-order valence-corrected chi connectivity index (χ4v) is 6.84. The summed E-state index contributed by atoms with van der Waals surface area (Å²) in [7, 11) is 0. The summed E-state index contributed by atoms with van der Waals surface area (Å²) in [4.78, 5) is 27.9. The Hall–Kier alpha value is -3.14. The van der Waals surface area contributed by atoms with Gasteiger partial charge in [-0.15, -0.1) is 13.2 Å². The van der Waals surface area contributed by atoms with Crippen molar-refractivity contribution in [3.8, 4) is 17.0 Å². The average molecular weight is 674 g/mol. The van der Waals surface area contributed by atoms with Crippen LogP contribution in [0.3, 0.4) is 0 Å². The molecule has 4 heterocycles. The van der Waals surface area contributed by atoms with Crippen molar-refractivity contribution in [2.45, 2.75) is 52.1 Å². The number of thiazole rings is 1. The molecule has 16 heteroatoms. The van der Waals surface area contributed by atoms with Crippen LogP contribution in [-0.4, -0.2) is 96.4 Å². The zero-order valence-corrected chi connectivity index (χ0v) is 26.6. The molecule has 1 aromatic heterocycles. The number of hydrogen-bond acceptors (Lipinski definition) is 11. The molecule has 3 aliphatic rings. The number of piperazine rings is 1. The van der Waals surface area contributed by atoms with E-state index in [1.165, 1.54) is 23.5 Å². The third-order valence-corrected chi connectivity index (χ3v) is 9.03. The van der Waals surface area contributed by atoms with Gasteiger partial charge in [-0.3, -0.25) is 14.6 Å². The van der Waals surface area contributed by atoms with E-state index in [0.29, 0.717) is 74.7 Å². The molecule has 10 nitrogen and oxygen atoms in total. The molecule has 45 heavy (non-hydrogen) atoms. The molecule has 1 aromatic carbocycles. The summed E-state index contributed by atoms with van der Waals surface area (Å²) in [6.45, 7) is 8.77. The minimum absolute atomic E-state index is 0.0688. The highest BCUT2D eigenvalue weighted by Gasteiger charge is 2.32. The predicted molar refractivity (Wildman–Crippen MR) is 165 cm³/mol. The SMILES string of the molecule is CCOC(=O)CCN1CCN(C2=NCNC(Nc3nc(-c4cc(Cl)cc(OC(F)(F)F)c4)c(CN4CCC[C@H]4C)s3)=C2F)CC1. The summed E-state index contributed by atoms with van der Waals surface area (Å²) >= 11 is 7.50. The Bertz CT molecular complexity index is 1430. The Morgan fingerprint density at radius 2 is 1.98 bits per heavy atom. The number of rotatable bonds is 10. The van der Waals surface area contributed by atoms with E-state index in [1.54, 1.807) is 6.92 Å². The van der Waals surface area contributed by atoms with Crippen molar-refractivity contribution in [1.29, 1.82) is 0 Å². The summed E-state index contributed by atoms with van der Waals surface area (Å²) in [6, 6.07) is 4.23. The van der Waals surface area contributed by atoms with Crippen molar-refractivity contribution in [1.82, 2.24) is 25.0 Å². The normalized spacial score (nSPS) is 19.8. The molecule has 0 saturated carbocycles. The first-order valence-corrected chi connectivity index (χ1v) is 16.1. The van der Waals surface area contributed by atoms with E-state index >= 15 is 4.39 Å². The topological polar surface area (TPSA) is 94.6 Å². The molecular weight excluding hydrogens is 638 g/mol. The van der Waals surface area contributed by atoms with Gasteiger partial charge in [0.2, 0.25) is 5.83 Å². The Morgan fingerprint density at radius 1 is 1.20 bits per heavy atom. The molecule has 2 aromatic rings. The van der Waals surface area contributed by atoms with Gasteiger partial charge < -0.3 is 25.0 Å². The minimum atomic E-state index is -4.88. The van der Waals surface area contributed by atoms with Crippen LogP contribution in [0.2, 0.25) is 5.02 Å². The van der Waals surface area contributed by atoms with Crippen LogP contribution in [0.25, 0.3) is 11.3 Å². The van der Waals surface area contributed by atoms with Gasteiger partial charge in [0, 0.05) is 60.8 Å². The fourth-order valence-electron chi connectivity index (χ4n) is 5.60. The Kier molecular flexibility index (Phi) is 10.7. The lowest BCUT2D eigenvalue weighted by molar-refractivity contribution is -0.274. The van der Waals surface area contributed by atoms with Crippen LogP contribution in [-0.2, 0) is 16.1 Å². The quantitative estimate of drug-likeness (QED) is 0.253. The number of carbonyl (C=O) groups is 1. The molecule has 0 unspecified atom stereocenters. The third-order valence-electron chi connectivity index (χ3n) is 7.85. The number of nitrogens with zero attached hydrogens (tertiary/aromatic N) is 5. The van der Waals surface area contributed by atoms with Gasteiger partial charge in [-0.25, -0.2) is 9.98 Å². The number of aliphatic imine (C=N–C) groups is 1. The molecule has 0 spiro atoms. The zero-order valence-electron chi connectivity index (χ0n) is 25.1. The number of alkyl halides is 3. The molecule has 1 atom stereocenters. The summed E-state index contributed by atoms with van der Waals surface area (Å²) < 4.78 is 64.0. The van der Waals surface area contributed by atoms with Gasteiger partial charge >= 0.3 is 12.3 Å². The highest BCUT2D eigenvalue weighted by atomic mass is 35.5. The lowest BCUT2D eigenvalue weighted by atomic mass is 10.1. The highest BCUT2D eigenvalue weighted by Crippen LogP contribution is 2.38. The van der Waals surface area contributed by atoms with Crippen molar-refractivity contribution in [2.24, 2.45) is 4.99 Å². The number of anilines is 1. The molecule has 2 fully saturated rings. The molecule has 0 radical (unpaired) electrons. The van der Waals surface area contributed by atoms with Crippen LogP contribution in [0, 0.1) is 0 Å². The van der Waals surface area contributed by atoms with E-state index in [2.05, 4.69) is 37.1 Å². The van der Waals surface area contributed by atoms with Crippen molar-refractivity contribution in [2.75, 3.05) is 57.9 Å². The second-order valence-corrected chi connectivity index (χ2v) is 12.5. The molecule has 2 saturated heterocycles. The Labute approximate surface area is 268 Å². The van der Waals surface area contributed by atoms with E-state index in [9.17, 15) is 18.0 Å². The number of carbonyl (C=O) groups excluding carboxylic acids is 1. The number of ether oxygens (including phenoxy) is 2. The predicted octanol–water partition coefficient (Wildman–Crippen LogP) is 5.43. The van der Waals surface area contributed by atoms with E-state index in [0.717, 1.165) is 30.3 Å². The van der Waals surface area contributed by atoms with Crippen LogP contribution in [0.4, 0.5) is 22.7 Å². The number of hydrogen-bond donors (Lipinski definition) is 2. The second-order valence-electron chi connectivity index (χ2n) is 11.0. The number of aromatic nitrogens is 1. The first-order chi connectivity index (χ1) is 21.5. The number of amidine groups is 1. The van der Waals surface area contributed by atoms with Crippen LogP contribution >= 0.6 is 22.9 Å². The van der Waals surface area contributed by atoms with Crippen LogP contribution in [0.15, 0.2) is 34.8 Å². The molecule has 0 bridgehead atoms. The highest BCUT2D eigenvalue weighted by molar-refractivity contribution is 7.16. The van der Waals surface area contributed by atoms with Gasteiger partial charge in [0.1, 0.15) is 18.2 Å². The van der Waals surface area contributed by atoms with Crippen molar-refractivity contribution in [3.05, 3.63) is 39.7 Å². The summed E-state index contributed by atoms with van der Waals surface area (Å²) in [5, 5.41) is 6.43. The maximum absolute atomic E-state index is 15.8. The molecule has 0 amide bonds. The first kappa shape index (κ1) is 33.2.